The Morgan fingerprint density at radius 2 is 1.48 bits per heavy atom. The highest BCUT2D eigenvalue weighted by Crippen LogP contribution is 2.43. The molecule has 0 radical (unpaired) electrons. The molecule has 7 rings (SSSR count). The van der Waals surface area contributed by atoms with Gasteiger partial charge in [0.1, 0.15) is 23.0 Å². The number of amides is 1. The summed E-state index contributed by atoms with van der Waals surface area (Å²) in [6, 6.07) is 26.2. The number of piperidine rings is 1. The molecule has 5 aromatic rings. The Balaban J connectivity index is 1.09. The summed E-state index contributed by atoms with van der Waals surface area (Å²) in [6.07, 6.45) is 3.00. The molecule has 1 N–H and O–H groups in total. The largest absolute Gasteiger partial charge is 0.497 e. The van der Waals surface area contributed by atoms with E-state index in [1.54, 1.807) is 40.6 Å². The Kier molecular flexibility index (Phi) is 10.8. The van der Waals surface area contributed by atoms with Crippen molar-refractivity contribution in [2.24, 2.45) is 5.41 Å². The number of methoxy groups -OCH3 is 4. The summed E-state index contributed by atoms with van der Waals surface area (Å²) in [5, 5.41) is 12.2. The standard InChI is InChI=1S/C43H49FN4O6/c1-51-34-9-7-8-31(24-34)27-42(17-23-47(41(42)49)28-32-25-37(52-2)39(54-4)38(26-32)53-3)16-20-46-21-18-43(50,19-22-46)40-45-35-10-5-6-11-36(35)48(40)29-30-12-14-33(44)15-13-30/h5-15,24-26,50H,16-23,27-29H2,1-4H3. The van der Waals surface area contributed by atoms with Crippen LogP contribution in [0.3, 0.4) is 0 Å². The number of aliphatic hydroxyl groups is 1. The van der Waals surface area contributed by atoms with E-state index >= 15 is 0 Å². The second kappa shape index (κ2) is 15.7. The van der Waals surface area contributed by atoms with Crippen LogP contribution in [-0.4, -0.2) is 85.0 Å². The van der Waals surface area contributed by atoms with Crippen molar-refractivity contribution in [2.75, 3.05) is 54.6 Å². The van der Waals surface area contributed by atoms with Crippen LogP contribution in [0.5, 0.6) is 23.0 Å². The molecule has 2 fully saturated rings. The van der Waals surface area contributed by atoms with E-state index in [1.165, 1.54) is 12.1 Å². The highest BCUT2D eigenvalue weighted by Gasteiger charge is 2.47. The van der Waals surface area contributed by atoms with E-state index in [2.05, 4.69) is 15.5 Å². The third kappa shape index (κ3) is 7.47. The summed E-state index contributed by atoms with van der Waals surface area (Å²) < 4.78 is 38.0. The lowest BCUT2D eigenvalue weighted by Crippen LogP contribution is -2.46. The van der Waals surface area contributed by atoms with E-state index < -0.39 is 11.0 Å². The third-order valence-electron chi connectivity index (χ3n) is 11.3. The molecule has 0 bridgehead atoms. The van der Waals surface area contributed by atoms with Crippen molar-refractivity contribution < 1.29 is 33.2 Å². The molecule has 11 heteroatoms. The first kappa shape index (κ1) is 37.2. The van der Waals surface area contributed by atoms with Crippen LogP contribution in [0.2, 0.25) is 0 Å². The van der Waals surface area contributed by atoms with Crippen LogP contribution >= 0.6 is 0 Å². The minimum Gasteiger partial charge on any atom is -0.497 e. The maximum atomic E-state index is 14.6. The van der Waals surface area contributed by atoms with E-state index in [1.807, 2.05) is 59.5 Å². The van der Waals surface area contributed by atoms with Crippen molar-refractivity contribution in [1.29, 1.82) is 0 Å². The normalized spacial score (nSPS) is 18.6. The van der Waals surface area contributed by atoms with Crippen molar-refractivity contribution >= 4 is 16.9 Å². The molecule has 1 atom stereocenters. The summed E-state index contributed by atoms with van der Waals surface area (Å²) in [4.78, 5) is 23.9. The van der Waals surface area contributed by atoms with Crippen LogP contribution in [0, 0.1) is 11.2 Å². The number of hydrogen-bond donors (Lipinski definition) is 1. The van der Waals surface area contributed by atoms with Crippen LogP contribution in [0.4, 0.5) is 4.39 Å². The predicted octanol–water partition coefficient (Wildman–Crippen LogP) is 6.59. The molecule has 0 spiro atoms. The molecule has 284 valence electrons. The fourth-order valence-electron chi connectivity index (χ4n) is 8.25. The van der Waals surface area contributed by atoms with Crippen LogP contribution in [-0.2, 0) is 29.9 Å². The zero-order valence-corrected chi connectivity index (χ0v) is 31.5. The highest BCUT2D eigenvalue weighted by atomic mass is 19.1. The van der Waals surface area contributed by atoms with Crippen molar-refractivity contribution in [3.8, 4) is 23.0 Å². The van der Waals surface area contributed by atoms with Gasteiger partial charge in [0.25, 0.3) is 0 Å². The fraction of sp³-hybridized carbons (Fsp3) is 0.395. The lowest BCUT2D eigenvalue weighted by atomic mass is 9.76. The summed E-state index contributed by atoms with van der Waals surface area (Å²) in [6.45, 7) is 3.57. The minimum absolute atomic E-state index is 0.127. The molecule has 2 saturated heterocycles. The Hall–Kier alpha value is -5.13. The smallest absolute Gasteiger partial charge is 0.229 e. The zero-order valence-electron chi connectivity index (χ0n) is 31.5. The maximum Gasteiger partial charge on any atom is 0.229 e. The number of benzene rings is 4. The number of hydrogen-bond acceptors (Lipinski definition) is 8. The molecule has 1 amide bonds. The number of ether oxygens (including phenoxy) is 4. The van der Waals surface area contributed by atoms with Crippen molar-refractivity contribution in [1.82, 2.24) is 19.4 Å². The third-order valence-corrected chi connectivity index (χ3v) is 11.3. The fourth-order valence-corrected chi connectivity index (χ4v) is 8.25. The van der Waals surface area contributed by atoms with Gasteiger partial charge in [0.15, 0.2) is 11.5 Å². The first-order chi connectivity index (χ1) is 26.2. The topological polar surface area (TPSA) is 98.5 Å². The molecule has 54 heavy (non-hydrogen) atoms. The van der Waals surface area contributed by atoms with Gasteiger partial charge in [-0.2, -0.15) is 0 Å². The SMILES string of the molecule is COc1cccc(CC2(CCN3CCC(O)(c4nc5ccccc5n4Cc4ccc(F)cc4)CC3)CCN(Cc3cc(OC)c(OC)c(OC)c3)C2=O)c1. The van der Waals surface area contributed by atoms with Gasteiger partial charge >= 0.3 is 0 Å². The van der Waals surface area contributed by atoms with Gasteiger partial charge in [-0.3, -0.25) is 4.79 Å². The van der Waals surface area contributed by atoms with E-state index in [-0.39, 0.29) is 11.7 Å². The first-order valence-corrected chi connectivity index (χ1v) is 18.5. The molecule has 4 aromatic carbocycles. The molecular weight excluding hydrogens is 687 g/mol. The van der Waals surface area contributed by atoms with Crippen LogP contribution in [0.1, 0.15) is 48.2 Å². The zero-order chi connectivity index (χ0) is 37.9. The summed E-state index contributed by atoms with van der Waals surface area (Å²) in [7, 11) is 6.41. The number of rotatable bonds is 14. The Morgan fingerprint density at radius 1 is 0.759 bits per heavy atom. The highest BCUT2D eigenvalue weighted by molar-refractivity contribution is 5.85. The summed E-state index contributed by atoms with van der Waals surface area (Å²) in [5.74, 6) is 2.87. The second-order valence-corrected chi connectivity index (χ2v) is 14.6. The summed E-state index contributed by atoms with van der Waals surface area (Å²) in [5.41, 5.74) is 2.91. The Bertz CT molecular complexity index is 2070. The molecule has 0 aliphatic carbocycles. The van der Waals surface area contributed by atoms with Crippen LogP contribution < -0.4 is 18.9 Å². The van der Waals surface area contributed by atoms with E-state index in [9.17, 15) is 14.3 Å². The van der Waals surface area contributed by atoms with Gasteiger partial charge in [-0.1, -0.05) is 36.4 Å². The average molecular weight is 737 g/mol. The lowest BCUT2D eigenvalue weighted by Gasteiger charge is -2.39. The van der Waals surface area contributed by atoms with E-state index in [4.69, 9.17) is 23.9 Å². The van der Waals surface area contributed by atoms with Gasteiger partial charge in [-0.25, -0.2) is 9.37 Å². The number of aromatic nitrogens is 2. The number of likely N-dealkylation sites (tertiary alicyclic amines) is 2. The van der Waals surface area contributed by atoms with Gasteiger partial charge in [0.2, 0.25) is 11.7 Å². The number of halogens is 1. The molecule has 0 saturated carbocycles. The predicted molar refractivity (Wildman–Crippen MR) is 205 cm³/mol. The molecule has 1 unspecified atom stereocenters. The first-order valence-electron chi connectivity index (χ1n) is 18.5. The second-order valence-electron chi connectivity index (χ2n) is 14.6. The molecule has 1 aromatic heterocycles. The quantitative estimate of drug-likeness (QED) is 0.136. The number of imidazole rings is 1. The maximum absolute atomic E-state index is 14.6. The Labute approximate surface area is 316 Å². The van der Waals surface area contributed by atoms with Crippen LogP contribution in [0.15, 0.2) is 84.9 Å². The number of nitrogens with zero attached hydrogens (tertiary/aromatic N) is 4. The monoisotopic (exact) mass is 736 g/mol. The minimum atomic E-state index is -1.13. The van der Waals surface area contributed by atoms with Gasteiger partial charge in [0, 0.05) is 32.7 Å². The number of carbonyl (C=O) groups excluding carboxylic acids is 1. The molecule has 2 aliphatic heterocycles. The van der Waals surface area contributed by atoms with Gasteiger partial charge < -0.3 is 38.4 Å². The number of para-hydroxylation sites is 2. The average Bonchev–Trinajstić information content (AvgIpc) is 3.72. The van der Waals surface area contributed by atoms with Crippen LogP contribution in [0.25, 0.3) is 11.0 Å². The molecule has 2 aliphatic rings. The van der Waals surface area contributed by atoms with Crippen molar-refractivity contribution in [3.05, 3.63) is 113 Å². The van der Waals surface area contributed by atoms with Gasteiger partial charge in [-0.05, 0) is 104 Å². The number of carbonyl (C=O) groups is 1. The summed E-state index contributed by atoms with van der Waals surface area (Å²) >= 11 is 0. The molecule has 3 heterocycles. The van der Waals surface area contributed by atoms with Gasteiger partial charge in [-0.15, -0.1) is 0 Å². The Morgan fingerprint density at radius 3 is 2.17 bits per heavy atom. The van der Waals surface area contributed by atoms with Crippen molar-refractivity contribution in [2.45, 2.75) is 50.8 Å². The molecular formula is C43H49FN4O6. The van der Waals surface area contributed by atoms with Gasteiger partial charge in [0.05, 0.1) is 44.9 Å². The number of fused-ring (bicyclic) bond motifs is 1. The lowest BCUT2D eigenvalue weighted by molar-refractivity contribution is -0.137. The molecule has 10 nitrogen and oxygen atoms in total. The van der Waals surface area contributed by atoms with Crippen molar-refractivity contribution in [3.63, 3.8) is 0 Å². The van der Waals surface area contributed by atoms with E-state index in [0.29, 0.717) is 81.5 Å². The van der Waals surface area contributed by atoms with E-state index in [0.717, 1.165) is 46.4 Å².